The van der Waals surface area contributed by atoms with E-state index >= 15 is 0 Å². The Morgan fingerprint density at radius 3 is 2.30 bits per heavy atom. The van der Waals surface area contributed by atoms with E-state index < -0.39 is 11.9 Å². The molecule has 1 aromatic rings. The average molecular weight is 388 g/mol. The van der Waals surface area contributed by atoms with Gasteiger partial charge in [0, 0.05) is 11.0 Å². The summed E-state index contributed by atoms with van der Waals surface area (Å²) in [5.41, 5.74) is 0.748. The fourth-order valence-corrected chi connectivity index (χ4v) is 2.30. The summed E-state index contributed by atoms with van der Waals surface area (Å²) >= 11 is 3.42. The molecule has 23 heavy (non-hydrogen) atoms. The molecule has 1 unspecified atom stereocenters. The van der Waals surface area contributed by atoms with Crippen LogP contribution in [0.1, 0.15) is 26.3 Å². The van der Waals surface area contributed by atoms with Crippen LogP contribution >= 0.6 is 15.9 Å². The fraction of sp³-hybridized carbons (Fsp3) is 0.500. The van der Waals surface area contributed by atoms with E-state index in [0.29, 0.717) is 24.7 Å². The monoisotopic (exact) mass is 387 g/mol. The lowest BCUT2D eigenvalue weighted by molar-refractivity contribution is -0.141. The number of hydrogen-bond acceptors (Lipinski definition) is 4. The van der Waals surface area contributed by atoms with Crippen LogP contribution in [0.4, 0.5) is 0 Å². The van der Waals surface area contributed by atoms with Gasteiger partial charge in [0.2, 0.25) is 5.91 Å². The first kappa shape index (κ1) is 19.3. The van der Waals surface area contributed by atoms with Gasteiger partial charge in [0.15, 0.2) is 11.5 Å². The van der Waals surface area contributed by atoms with E-state index in [1.54, 1.807) is 19.1 Å². The quantitative estimate of drug-likeness (QED) is 0.680. The molecule has 1 rings (SSSR count). The first-order valence-electron chi connectivity index (χ1n) is 7.46. The van der Waals surface area contributed by atoms with Crippen molar-refractivity contribution >= 4 is 27.8 Å². The molecule has 6 nitrogen and oxygen atoms in total. The first-order chi connectivity index (χ1) is 10.9. The van der Waals surface area contributed by atoms with Crippen LogP contribution in [0.25, 0.3) is 0 Å². The van der Waals surface area contributed by atoms with Crippen molar-refractivity contribution in [1.82, 2.24) is 5.32 Å². The average Bonchev–Trinajstić information content (AvgIpc) is 2.49. The van der Waals surface area contributed by atoms with E-state index in [0.717, 1.165) is 10.0 Å². The molecule has 0 bridgehead atoms. The summed E-state index contributed by atoms with van der Waals surface area (Å²) in [7, 11) is 0. The summed E-state index contributed by atoms with van der Waals surface area (Å²) in [6.07, 6.45) is 0.124. The highest BCUT2D eigenvalue weighted by Gasteiger charge is 2.15. The molecule has 0 heterocycles. The first-order valence-corrected chi connectivity index (χ1v) is 8.25. The van der Waals surface area contributed by atoms with E-state index in [-0.39, 0.29) is 18.9 Å². The van der Waals surface area contributed by atoms with Crippen molar-refractivity contribution in [2.45, 2.75) is 27.2 Å². The Kier molecular flexibility index (Phi) is 7.88. The minimum atomic E-state index is -0.939. The second kappa shape index (κ2) is 9.39. The molecule has 1 amide bonds. The van der Waals surface area contributed by atoms with Crippen molar-refractivity contribution in [2.24, 2.45) is 5.92 Å². The molecule has 0 aliphatic heterocycles. The number of hydrogen-bond donors (Lipinski definition) is 2. The van der Waals surface area contributed by atoms with Crippen LogP contribution < -0.4 is 14.8 Å². The number of carbonyl (C=O) groups is 2. The summed E-state index contributed by atoms with van der Waals surface area (Å²) in [6.45, 7) is 6.40. The zero-order valence-electron chi connectivity index (χ0n) is 13.5. The smallest absolute Gasteiger partial charge is 0.308 e. The summed E-state index contributed by atoms with van der Waals surface area (Å²) in [6, 6.07) is 3.54. The third-order valence-corrected chi connectivity index (χ3v) is 3.83. The number of halogens is 1. The van der Waals surface area contributed by atoms with Crippen molar-refractivity contribution < 1.29 is 24.2 Å². The van der Waals surface area contributed by atoms with E-state index in [2.05, 4.69) is 21.2 Å². The minimum Gasteiger partial charge on any atom is -0.490 e. The minimum absolute atomic E-state index is 0.0983. The van der Waals surface area contributed by atoms with Crippen LogP contribution in [-0.4, -0.2) is 36.7 Å². The van der Waals surface area contributed by atoms with Gasteiger partial charge in [0.1, 0.15) is 0 Å². The number of carbonyl (C=O) groups excluding carboxylic acids is 1. The second-order valence-corrected chi connectivity index (χ2v) is 5.83. The van der Waals surface area contributed by atoms with Crippen LogP contribution in [0, 0.1) is 5.92 Å². The summed E-state index contributed by atoms with van der Waals surface area (Å²) in [5, 5.41) is 11.4. The number of amides is 1. The lowest BCUT2D eigenvalue weighted by Gasteiger charge is -2.14. The number of ether oxygens (including phenoxy) is 2. The van der Waals surface area contributed by atoms with Gasteiger partial charge in [0.25, 0.3) is 0 Å². The fourth-order valence-electron chi connectivity index (χ4n) is 1.84. The normalized spacial score (nSPS) is 11.7. The molecule has 0 saturated carbocycles. The maximum atomic E-state index is 12.0. The Balaban J connectivity index is 2.81. The Morgan fingerprint density at radius 2 is 1.78 bits per heavy atom. The molecule has 7 heteroatoms. The van der Waals surface area contributed by atoms with Crippen LogP contribution in [0.15, 0.2) is 16.6 Å². The topological polar surface area (TPSA) is 84.9 Å². The Labute approximate surface area is 144 Å². The van der Waals surface area contributed by atoms with Crippen molar-refractivity contribution in [2.75, 3.05) is 19.8 Å². The van der Waals surface area contributed by atoms with Crippen molar-refractivity contribution in [3.8, 4) is 11.5 Å². The number of carboxylic acid groups (broad SMARTS) is 1. The van der Waals surface area contributed by atoms with Gasteiger partial charge in [-0.15, -0.1) is 0 Å². The van der Waals surface area contributed by atoms with E-state index in [4.69, 9.17) is 14.6 Å². The molecule has 0 aromatic heterocycles. The van der Waals surface area contributed by atoms with Gasteiger partial charge in [-0.25, -0.2) is 0 Å². The largest absolute Gasteiger partial charge is 0.490 e. The van der Waals surface area contributed by atoms with Crippen LogP contribution in [0.3, 0.4) is 0 Å². The Morgan fingerprint density at radius 1 is 1.22 bits per heavy atom. The highest BCUT2D eigenvalue weighted by atomic mass is 79.9. The molecule has 2 N–H and O–H groups in total. The highest BCUT2D eigenvalue weighted by molar-refractivity contribution is 9.10. The number of carboxylic acids is 1. The summed E-state index contributed by atoms with van der Waals surface area (Å²) < 4.78 is 11.8. The molecule has 0 fully saturated rings. The van der Waals surface area contributed by atoms with Crippen LogP contribution in [0.5, 0.6) is 11.5 Å². The third-order valence-electron chi connectivity index (χ3n) is 3.09. The second-order valence-electron chi connectivity index (χ2n) is 4.98. The number of nitrogens with one attached hydrogen (secondary N) is 1. The molecule has 0 saturated heterocycles. The number of rotatable bonds is 9. The van der Waals surface area contributed by atoms with Crippen molar-refractivity contribution in [3.05, 3.63) is 22.2 Å². The molecule has 128 valence electrons. The zero-order chi connectivity index (χ0) is 17.4. The van der Waals surface area contributed by atoms with Crippen molar-refractivity contribution in [3.63, 3.8) is 0 Å². The molecular weight excluding hydrogens is 366 g/mol. The van der Waals surface area contributed by atoms with E-state index in [9.17, 15) is 9.59 Å². The molecule has 1 atom stereocenters. The maximum Gasteiger partial charge on any atom is 0.308 e. The standard InChI is InChI=1S/C16H22BrNO5/c1-4-22-13-6-11(12(17)8-14(13)23-5-2)7-15(19)18-9-10(3)16(20)21/h6,8,10H,4-5,7,9H2,1-3H3,(H,18,19)(H,20,21). The molecule has 1 aromatic carbocycles. The van der Waals surface area contributed by atoms with Gasteiger partial charge in [0.05, 0.1) is 25.6 Å². The summed E-state index contributed by atoms with van der Waals surface area (Å²) in [5.74, 6) is -0.609. The predicted octanol–water partition coefficient (Wildman–Crippen LogP) is 2.63. The van der Waals surface area contributed by atoms with Gasteiger partial charge in [-0.1, -0.05) is 22.9 Å². The van der Waals surface area contributed by atoms with Gasteiger partial charge in [-0.05, 0) is 31.5 Å². The Hall–Kier alpha value is -1.76. The lowest BCUT2D eigenvalue weighted by Crippen LogP contribution is -2.32. The SMILES string of the molecule is CCOc1cc(Br)c(CC(=O)NCC(C)C(=O)O)cc1OCC. The van der Waals surface area contributed by atoms with E-state index in [1.165, 1.54) is 0 Å². The molecule has 0 aliphatic rings. The van der Waals surface area contributed by atoms with Gasteiger partial charge in [-0.3, -0.25) is 9.59 Å². The number of benzene rings is 1. The van der Waals surface area contributed by atoms with E-state index in [1.807, 2.05) is 13.8 Å². The summed E-state index contributed by atoms with van der Waals surface area (Å²) in [4.78, 5) is 22.7. The number of aliphatic carboxylic acids is 1. The molecule has 0 radical (unpaired) electrons. The molecule has 0 aliphatic carbocycles. The van der Waals surface area contributed by atoms with Crippen LogP contribution in [-0.2, 0) is 16.0 Å². The van der Waals surface area contributed by atoms with Gasteiger partial charge < -0.3 is 19.9 Å². The maximum absolute atomic E-state index is 12.0. The van der Waals surface area contributed by atoms with Gasteiger partial charge >= 0.3 is 5.97 Å². The molecular formula is C16H22BrNO5. The van der Waals surface area contributed by atoms with Crippen LogP contribution in [0.2, 0.25) is 0 Å². The van der Waals surface area contributed by atoms with Crippen molar-refractivity contribution in [1.29, 1.82) is 0 Å². The Bertz CT molecular complexity index is 562. The molecule has 0 spiro atoms. The highest BCUT2D eigenvalue weighted by Crippen LogP contribution is 2.34. The van der Waals surface area contributed by atoms with Gasteiger partial charge in [-0.2, -0.15) is 0 Å². The zero-order valence-corrected chi connectivity index (χ0v) is 15.1. The predicted molar refractivity (Wildman–Crippen MR) is 90.0 cm³/mol. The third kappa shape index (κ3) is 6.09. The lowest BCUT2D eigenvalue weighted by atomic mass is 10.1.